The summed E-state index contributed by atoms with van der Waals surface area (Å²) in [6.45, 7) is 5.23. The lowest BCUT2D eigenvalue weighted by atomic mass is 10.2. The average molecular weight is 309 g/mol. The Morgan fingerprint density at radius 1 is 1.19 bits per heavy atom. The lowest BCUT2D eigenvalue weighted by Crippen LogP contribution is -2.34. The summed E-state index contributed by atoms with van der Waals surface area (Å²) in [5.41, 5.74) is -0.613. The van der Waals surface area contributed by atoms with Gasteiger partial charge in [0.25, 0.3) is 0 Å². The van der Waals surface area contributed by atoms with Crippen molar-refractivity contribution in [1.29, 1.82) is 0 Å². The van der Waals surface area contributed by atoms with E-state index in [-0.39, 0.29) is 5.70 Å². The first-order valence-electron chi connectivity index (χ1n) is 6.32. The predicted octanol–water partition coefficient (Wildman–Crippen LogP) is 3.32. The second kappa shape index (κ2) is 7.73. The van der Waals surface area contributed by atoms with E-state index in [2.05, 4.69) is 10.1 Å². The molecule has 0 spiro atoms. The maximum atomic E-state index is 11.7. The molecular weight excluding hydrogens is 290 g/mol. The number of nitrogens with one attached hydrogen (secondary N) is 1. The molecule has 5 nitrogen and oxygen atoms in total. The van der Waals surface area contributed by atoms with Crippen LogP contribution in [-0.4, -0.2) is 24.8 Å². The molecule has 0 heterocycles. The number of ether oxygens (including phenoxy) is 2. The number of hydrogen-bond donors (Lipinski definition) is 1. The van der Waals surface area contributed by atoms with Crippen molar-refractivity contribution >= 4 is 23.8 Å². The van der Waals surface area contributed by atoms with E-state index < -0.39 is 17.7 Å². The van der Waals surface area contributed by atoms with Crippen molar-refractivity contribution in [3.63, 3.8) is 0 Å². The largest absolute Gasteiger partial charge is 0.464 e. The molecule has 6 heteroatoms. The number of thioether (sulfide) groups is 1. The molecule has 1 N–H and O–H groups in total. The van der Waals surface area contributed by atoms with Crippen LogP contribution in [-0.2, 0) is 14.3 Å². The predicted molar refractivity (Wildman–Crippen MR) is 81.8 cm³/mol. The molecule has 0 saturated heterocycles. The summed E-state index contributed by atoms with van der Waals surface area (Å²) >= 11 is 1.30. The van der Waals surface area contributed by atoms with Crippen molar-refractivity contribution in [3.8, 4) is 0 Å². The Morgan fingerprint density at radius 3 is 2.33 bits per heavy atom. The lowest BCUT2D eigenvalue weighted by molar-refractivity contribution is -0.136. The SMILES string of the molecule is COC(=O)/C(=C\Sc1ccccc1)NC(=O)OC(C)(C)C. The van der Waals surface area contributed by atoms with Gasteiger partial charge in [-0.3, -0.25) is 5.32 Å². The number of alkyl carbamates (subject to hydrolysis) is 1. The topological polar surface area (TPSA) is 64.6 Å². The van der Waals surface area contributed by atoms with E-state index >= 15 is 0 Å². The first-order valence-corrected chi connectivity index (χ1v) is 7.20. The normalized spacial score (nSPS) is 11.7. The molecule has 0 saturated carbocycles. The number of carbonyl (C=O) groups excluding carboxylic acids is 2. The molecule has 0 aromatic heterocycles. The van der Waals surface area contributed by atoms with Gasteiger partial charge in [0.1, 0.15) is 11.3 Å². The van der Waals surface area contributed by atoms with Gasteiger partial charge in [0.15, 0.2) is 0 Å². The monoisotopic (exact) mass is 309 g/mol. The van der Waals surface area contributed by atoms with E-state index in [0.29, 0.717) is 0 Å². The van der Waals surface area contributed by atoms with E-state index in [9.17, 15) is 9.59 Å². The average Bonchev–Trinajstić information content (AvgIpc) is 2.41. The lowest BCUT2D eigenvalue weighted by Gasteiger charge is -2.20. The van der Waals surface area contributed by atoms with Crippen LogP contribution in [0, 0.1) is 0 Å². The van der Waals surface area contributed by atoms with Crippen LogP contribution in [0.3, 0.4) is 0 Å². The second-order valence-corrected chi connectivity index (χ2v) is 6.02. The summed E-state index contributed by atoms with van der Waals surface area (Å²) in [5.74, 6) is -0.635. The van der Waals surface area contributed by atoms with E-state index in [1.54, 1.807) is 20.8 Å². The number of benzene rings is 1. The zero-order valence-corrected chi connectivity index (χ0v) is 13.3. The first kappa shape index (κ1) is 17.1. The molecule has 1 amide bonds. The number of carbonyl (C=O) groups is 2. The summed E-state index contributed by atoms with van der Waals surface area (Å²) in [7, 11) is 1.25. The zero-order chi connectivity index (χ0) is 15.9. The Morgan fingerprint density at radius 2 is 1.81 bits per heavy atom. The number of hydrogen-bond acceptors (Lipinski definition) is 5. The highest BCUT2D eigenvalue weighted by Gasteiger charge is 2.19. The highest BCUT2D eigenvalue weighted by atomic mass is 32.2. The molecule has 0 bridgehead atoms. The molecule has 0 fully saturated rings. The number of amides is 1. The number of rotatable bonds is 4. The third-order valence-electron chi connectivity index (χ3n) is 2.10. The summed E-state index contributed by atoms with van der Waals surface area (Å²) < 4.78 is 9.75. The highest BCUT2D eigenvalue weighted by molar-refractivity contribution is 8.02. The molecule has 21 heavy (non-hydrogen) atoms. The molecule has 0 aliphatic rings. The van der Waals surface area contributed by atoms with E-state index in [0.717, 1.165) is 4.90 Å². The number of methoxy groups -OCH3 is 1. The Hall–Kier alpha value is -1.95. The molecule has 1 aromatic rings. The van der Waals surface area contributed by atoms with Crippen molar-refractivity contribution in [3.05, 3.63) is 41.4 Å². The molecule has 1 aromatic carbocycles. The molecule has 0 aliphatic heterocycles. The maximum Gasteiger partial charge on any atom is 0.412 e. The quantitative estimate of drug-likeness (QED) is 0.525. The highest BCUT2D eigenvalue weighted by Crippen LogP contribution is 2.20. The zero-order valence-electron chi connectivity index (χ0n) is 12.5. The van der Waals surface area contributed by atoms with Crippen LogP contribution in [0.2, 0.25) is 0 Å². The van der Waals surface area contributed by atoms with Crippen molar-refractivity contribution in [1.82, 2.24) is 5.32 Å². The van der Waals surface area contributed by atoms with Gasteiger partial charge in [-0.25, -0.2) is 9.59 Å². The van der Waals surface area contributed by atoms with Gasteiger partial charge < -0.3 is 9.47 Å². The van der Waals surface area contributed by atoms with Crippen LogP contribution in [0.15, 0.2) is 46.3 Å². The van der Waals surface area contributed by atoms with E-state index in [1.165, 1.54) is 24.3 Å². The van der Waals surface area contributed by atoms with E-state index in [4.69, 9.17) is 4.74 Å². The molecular formula is C15H19NO4S. The van der Waals surface area contributed by atoms with Crippen molar-refractivity contribution in [2.45, 2.75) is 31.3 Å². The Bertz CT molecular complexity index is 520. The maximum absolute atomic E-state index is 11.7. The second-order valence-electron chi connectivity index (χ2n) is 5.08. The summed E-state index contributed by atoms with van der Waals surface area (Å²) in [6, 6.07) is 9.45. The smallest absolute Gasteiger partial charge is 0.412 e. The third kappa shape index (κ3) is 6.85. The minimum absolute atomic E-state index is 0.0283. The van der Waals surface area contributed by atoms with Crippen LogP contribution in [0.1, 0.15) is 20.8 Å². The summed E-state index contributed by atoms with van der Waals surface area (Å²) in [6.07, 6.45) is -0.701. The van der Waals surface area contributed by atoms with Gasteiger partial charge in [0.05, 0.1) is 7.11 Å². The van der Waals surface area contributed by atoms with Crippen molar-refractivity contribution in [2.75, 3.05) is 7.11 Å². The Balaban J connectivity index is 2.76. The minimum atomic E-state index is -0.701. The molecule has 0 atom stereocenters. The van der Waals surface area contributed by atoms with Crippen LogP contribution < -0.4 is 5.32 Å². The fourth-order valence-corrected chi connectivity index (χ4v) is 2.00. The van der Waals surface area contributed by atoms with E-state index in [1.807, 2.05) is 30.3 Å². The third-order valence-corrected chi connectivity index (χ3v) is 2.99. The van der Waals surface area contributed by atoms with Gasteiger partial charge in [-0.05, 0) is 32.9 Å². The van der Waals surface area contributed by atoms with Crippen LogP contribution in [0.5, 0.6) is 0 Å². The van der Waals surface area contributed by atoms with Gasteiger partial charge >= 0.3 is 12.1 Å². The van der Waals surface area contributed by atoms with Gasteiger partial charge in [0, 0.05) is 10.3 Å². The molecule has 114 valence electrons. The first-order chi connectivity index (χ1) is 9.81. The fraction of sp³-hybridized carbons (Fsp3) is 0.333. The van der Waals surface area contributed by atoms with Gasteiger partial charge in [0.2, 0.25) is 0 Å². The summed E-state index contributed by atoms with van der Waals surface area (Å²) in [4.78, 5) is 24.3. The van der Waals surface area contributed by atoms with Gasteiger partial charge in [-0.1, -0.05) is 30.0 Å². The summed E-state index contributed by atoms with van der Waals surface area (Å²) in [5, 5.41) is 3.92. The van der Waals surface area contributed by atoms with Gasteiger partial charge in [-0.2, -0.15) is 0 Å². The van der Waals surface area contributed by atoms with Crippen LogP contribution in [0.4, 0.5) is 4.79 Å². The molecule has 0 aliphatic carbocycles. The standard InChI is InChI=1S/C15H19NO4S/c1-15(2,3)20-14(18)16-12(13(17)19-4)10-21-11-8-6-5-7-9-11/h5-10H,1-4H3,(H,16,18)/b12-10+. The fourth-order valence-electron chi connectivity index (χ4n) is 1.28. The minimum Gasteiger partial charge on any atom is -0.464 e. The van der Waals surface area contributed by atoms with Gasteiger partial charge in [-0.15, -0.1) is 0 Å². The molecule has 0 unspecified atom stereocenters. The molecule has 0 radical (unpaired) electrons. The molecule has 1 rings (SSSR count). The Kier molecular flexibility index (Phi) is 6.30. The van der Waals surface area contributed by atoms with Crippen molar-refractivity contribution in [2.24, 2.45) is 0 Å². The van der Waals surface area contributed by atoms with Crippen molar-refractivity contribution < 1.29 is 19.1 Å². The van der Waals surface area contributed by atoms with Crippen LogP contribution >= 0.6 is 11.8 Å². The van der Waals surface area contributed by atoms with Crippen LogP contribution in [0.25, 0.3) is 0 Å². The number of esters is 1. The Labute approximate surface area is 128 Å².